The van der Waals surface area contributed by atoms with E-state index in [9.17, 15) is 14.7 Å². The molecule has 0 amide bonds. The molecule has 0 aromatic rings. The van der Waals surface area contributed by atoms with Crippen molar-refractivity contribution >= 4 is 11.9 Å². The second-order valence-electron chi connectivity index (χ2n) is 20.4. The number of ether oxygens (including phenoxy) is 2. The highest BCUT2D eigenvalue weighted by Gasteiger charge is 2.16. The third-order valence-electron chi connectivity index (χ3n) is 13.7. The van der Waals surface area contributed by atoms with Gasteiger partial charge in [-0.05, 0) is 51.4 Å². The van der Waals surface area contributed by atoms with Crippen LogP contribution in [0.5, 0.6) is 0 Å². The molecule has 1 atom stereocenters. The molecule has 0 aromatic heterocycles. The van der Waals surface area contributed by atoms with Gasteiger partial charge in [0.05, 0.1) is 6.61 Å². The largest absolute Gasteiger partial charge is 0.462 e. The van der Waals surface area contributed by atoms with Gasteiger partial charge in [-0.1, -0.05) is 301 Å². The maximum Gasteiger partial charge on any atom is 0.306 e. The summed E-state index contributed by atoms with van der Waals surface area (Å²) in [6.45, 7) is 4.18. The molecule has 5 heteroatoms. The van der Waals surface area contributed by atoms with Crippen molar-refractivity contribution in [1.29, 1.82) is 0 Å². The first-order valence-electron chi connectivity index (χ1n) is 30.0. The molecule has 0 fully saturated rings. The summed E-state index contributed by atoms with van der Waals surface area (Å²) in [5.74, 6) is -0.572. The highest BCUT2D eigenvalue weighted by Crippen LogP contribution is 2.18. The third kappa shape index (κ3) is 56.6. The first kappa shape index (κ1) is 65.1. The third-order valence-corrected chi connectivity index (χ3v) is 13.7. The molecule has 0 aliphatic carbocycles. The van der Waals surface area contributed by atoms with Gasteiger partial charge in [-0.2, -0.15) is 0 Å². The summed E-state index contributed by atoms with van der Waals surface area (Å²) < 4.78 is 10.7. The first-order chi connectivity index (χ1) is 33.1. The Morgan fingerprint density at radius 2 is 0.597 bits per heavy atom. The number of aliphatic hydroxyl groups is 1. The molecule has 0 saturated carbocycles. The number of unbranched alkanes of at least 4 members (excludes halogenated alkanes) is 42. The van der Waals surface area contributed by atoms with Crippen molar-refractivity contribution in [3.63, 3.8) is 0 Å². The number of allylic oxidation sites excluding steroid dienone is 6. The average Bonchev–Trinajstić information content (AvgIpc) is 3.33. The van der Waals surface area contributed by atoms with Gasteiger partial charge in [0, 0.05) is 12.8 Å². The van der Waals surface area contributed by atoms with E-state index in [1.165, 1.54) is 257 Å². The molecule has 1 unspecified atom stereocenters. The smallest absolute Gasteiger partial charge is 0.306 e. The first-order valence-corrected chi connectivity index (χ1v) is 30.0. The number of rotatable bonds is 56. The Hall–Kier alpha value is -1.88. The number of aliphatic hydroxyl groups excluding tert-OH is 1. The van der Waals surface area contributed by atoms with E-state index < -0.39 is 6.10 Å². The van der Waals surface area contributed by atoms with E-state index >= 15 is 0 Å². The number of carbonyl (C=O) groups excluding carboxylic acids is 2. The summed E-state index contributed by atoms with van der Waals surface area (Å²) in [7, 11) is 0. The fourth-order valence-electron chi connectivity index (χ4n) is 9.15. The predicted octanol–water partition coefficient (Wildman–Crippen LogP) is 20.3. The minimum Gasteiger partial charge on any atom is -0.462 e. The lowest BCUT2D eigenvalue weighted by atomic mass is 10.0. The van der Waals surface area contributed by atoms with Gasteiger partial charge in [-0.25, -0.2) is 0 Å². The van der Waals surface area contributed by atoms with Crippen molar-refractivity contribution in [1.82, 2.24) is 0 Å². The summed E-state index contributed by atoms with van der Waals surface area (Å²) in [5.41, 5.74) is 0. The number of esters is 2. The van der Waals surface area contributed by atoms with Crippen LogP contribution in [0.3, 0.4) is 0 Å². The molecule has 5 nitrogen and oxygen atoms in total. The van der Waals surface area contributed by atoms with Gasteiger partial charge in [0.15, 0.2) is 6.10 Å². The molecule has 0 aliphatic rings. The van der Waals surface area contributed by atoms with Gasteiger partial charge < -0.3 is 14.6 Å². The molecule has 0 saturated heterocycles. The second-order valence-corrected chi connectivity index (χ2v) is 20.4. The Morgan fingerprint density at radius 1 is 0.343 bits per heavy atom. The molecule has 0 aromatic carbocycles. The molecular formula is C62H116O5. The number of carbonyl (C=O) groups is 2. The molecule has 394 valence electrons. The van der Waals surface area contributed by atoms with Crippen molar-refractivity contribution in [2.75, 3.05) is 13.2 Å². The van der Waals surface area contributed by atoms with Crippen molar-refractivity contribution < 1.29 is 24.2 Å². The summed E-state index contributed by atoms with van der Waals surface area (Å²) in [6, 6.07) is 0. The quantitative estimate of drug-likeness (QED) is 0.0374. The Morgan fingerprint density at radius 3 is 0.896 bits per heavy atom. The predicted molar refractivity (Wildman–Crippen MR) is 293 cm³/mol. The van der Waals surface area contributed by atoms with Gasteiger partial charge in [0.1, 0.15) is 6.61 Å². The molecular weight excluding hydrogens is 825 g/mol. The number of hydrogen-bond acceptors (Lipinski definition) is 5. The monoisotopic (exact) mass is 941 g/mol. The van der Waals surface area contributed by atoms with E-state index in [1.54, 1.807) is 0 Å². The van der Waals surface area contributed by atoms with Crippen molar-refractivity contribution in [2.24, 2.45) is 0 Å². The SMILES string of the molecule is CCCCCCC/C=C\C/C=C\C/C=C\CCCCCCCCCCCCCCCCC(=O)OC(CO)COC(=O)CCCCCCCCCCCCCCCCCCCCCCCCCC. The molecule has 0 aliphatic heterocycles. The topological polar surface area (TPSA) is 72.8 Å². The van der Waals surface area contributed by atoms with Crippen LogP contribution in [0.1, 0.15) is 328 Å². The lowest BCUT2D eigenvalue weighted by Gasteiger charge is -2.15. The zero-order chi connectivity index (χ0) is 48.5. The lowest BCUT2D eigenvalue weighted by molar-refractivity contribution is -0.161. The van der Waals surface area contributed by atoms with Crippen molar-refractivity contribution in [2.45, 2.75) is 335 Å². The van der Waals surface area contributed by atoms with Gasteiger partial charge in [0.2, 0.25) is 0 Å². The molecule has 1 N–H and O–H groups in total. The van der Waals surface area contributed by atoms with Crippen LogP contribution in [0.2, 0.25) is 0 Å². The number of hydrogen-bond donors (Lipinski definition) is 1. The van der Waals surface area contributed by atoms with E-state index in [-0.39, 0.29) is 25.2 Å². The average molecular weight is 942 g/mol. The lowest BCUT2D eigenvalue weighted by Crippen LogP contribution is -2.28. The van der Waals surface area contributed by atoms with E-state index in [0.29, 0.717) is 12.8 Å². The summed E-state index contributed by atoms with van der Waals surface area (Å²) in [5, 5.41) is 9.67. The maximum absolute atomic E-state index is 12.3. The van der Waals surface area contributed by atoms with E-state index in [2.05, 4.69) is 50.3 Å². The van der Waals surface area contributed by atoms with Gasteiger partial charge in [0.25, 0.3) is 0 Å². The van der Waals surface area contributed by atoms with Crippen LogP contribution in [0.25, 0.3) is 0 Å². The summed E-state index contributed by atoms with van der Waals surface area (Å²) in [6.07, 6.45) is 75.6. The Bertz CT molecular complexity index is 1060. The van der Waals surface area contributed by atoms with Crippen LogP contribution in [0.15, 0.2) is 36.5 Å². The second kappa shape index (κ2) is 58.4. The van der Waals surface area contributed by atoms with Crippen LogP contribution in [-0.2, 0) is 19.1 Å². The molecule has 0 bridgehead atoms. The molecule has 67 heavy (non-hydrogen) atoms. The highest BCUT2D eigenvalue weighted by molar-refractivity contribution is 5.70. The van der Waals surface area contributed by atoms with E-state index in [0.717, 1.165) is 44.9 Å². The van der Waals surface area contributed by atoms with Crippen LogP contribution in [0.4, 0.5) is 0 Å². The Kier molecular flexibility index (Phi) is 56.8. The Labute approximate surface area is 418 Å². The van der Waals surface area contributed by atoms with Gasteiger partial charge in [-0.3, -0.25) is 9.59 Å². The zero-order valence-electron chi connectivity index (χ0n) is 45.2. The summed E-state index contributed by atoms with van der Waals surface area (Å²) in [4.78, 5) is 24.6. The fraction of sp³-hybridized carbons (Fsp3) is 0.871. The fourth-order valence-corrected chi connectivity index (χ4v) is 9.15. The minimum atomic E-state index is -0.770. The zero-order valence-corrected chi connectivity index (χ0v) is 45.2. The molecule has 0 rings (SSSR count). The van der Waals surface area contributed by atoms with E-state index in [4.69, 9.17) is 9.47 Å². The molecule has 0 heterocycles. The Balaban J connectivity index is 3.43. The maximum atomic E-state index is 12.3. The van der Waals surface area contributed by atoms with Crippen molar-refractivity contribution in [3.8, 4) is 0 Å². The molecule has 0 radical (unpaired) electrons. The molecule has 0 spiro atoms. The van der Waals surface area contributed by atoms with E-state index in [1.807, 2.05) is 0 Å². The van der Waals surface area contributed by atoms with Crippen molar-refractivity contribution in [3.05, 3.63) is 36.5 Å². The van der Waals surface area contributed by atoms with Crippen LogP contribution in [0, 0.1) is 0 Å². The highest BCUT2D eigenvalue weighted by atomic mass is 16.6. The van der Waals surface area contributed by atoms with Gasteiger partial charge >= 0.3 is 11.9 Å². The van der Waals surface area contributed by atoms with Crippen LogP contribution < -0.4 is 0 Å². The normalized spacial score (nSPS) is 12.3. The minimum absolute atomic E-state index is 0.0607. The standard InChI is InChI=1S/C62H116O5/c1-3-5-7-9-11-13-15-17-19-21-23-25-27-29-30-31-32-33-35-37-39-41-43-45-47-49-51-53-55-57-62(65)67-60(58-63)59-66-61(64)56-54-52-50-48-46-44-42-40-38-36-34-28-26-24-22-20-18-16-14-12-10-8-6-4-2/h15,17,21,23,27,29,60,63H,3-14,16,18-20,22,24-26,28,30-59H2,1-2H3/b17-15-,23-21-,29-27-. The van der Waals surface area contributed by atoms with Crippen LogP contribution >= 0.6 is 0 Å². The van der Waals surface area contributed by atoms with Gasteiger partial charge in [-0.15, -0.1) is 0 Å². The van der Waals surface area contributed by atoms with Crippen LogP contribution in [-0.4, -0.2) is 36.4 Å². The summed E-state index contributed by atoms with van der Waals surface area (Å²) >= 11 is 0.